The average molecular weight is 261 g/mol. The van der Waals surface area contributed by atoms with Crippen molar-refractivity contribution in [3.63, 3.8) is 0 Å². The van der Waals surface area contributed by atoms with Crippen molar-refractivity contribution < 1.29 is 4.79 Å². The SMILES string of the molecule is CC(=O)Nc1ccsc1CNc1ccc(C)nc1. The van der Waals surface area contributed by atoms with Gasteiger partial charge in [-0.25, -0.2) is 0 Å². The smallest absolute Gasteiger partial charge is 0.221 e. The van der Waals surface area contributed by atoms with Crippen molar-refractivity contribution in [1.82, 2.24) is 4.98 Å². The highest BCUT2D eigenvalue weighted by Crippen LogP contribution is 2.23. The van der Waals surface area contributed by atoms with Crippen LogP contribution in [0.5, 0.6) is 0 Å². The Balaban J connectivity index is 1.99. The molecule has 0 aliphatic heterocycles. The van der Waals surface area contributed by atoms with Crippen LogP contribution in [0.1, 0.15) is 17.5 Å². The number of aryl methyl sites for hydroxylation is 1. The highest BCUT2D eigenvalue weighted by Gasteiger charge is 2.05. The first-order chi connectivity index (χ1) is 8.65. The predicted molar refractivity (Wildman–Crippen MR) is 74.9 cm³/mol. The minimum atomic E-state index is -0.0494. The first kappa shape index (κ1) is 12.6. The number of thiophene rings is 1. The molecule has 2 N–H and O–H groups in total. The van der Waals surface area contributed by atoms with Gasteiger partial charge in [-0.05, 0) is 30.5 Å². The maximum Gasteiger partial charge on any atom is 0.221 e. The Kier molecular flexibility index (Phi) is 3.94. The number of amides is 1. The molecule has 0 saturated heterocycles. The van der Waals surface area contributed by atoms with Gasteiger partial charge in [0.25, 0.3) is 0 Å². The molecule has 5 heteroatoms. The van der Waals surface area contributed by atoms with Gasteiger partial charge in [0.15, 0.2) is 0 Å². The van der Waals surface area contributed by atoms with Gasteiger partial charge in [-0.2, -0.15) is 0 Å². The number of anilines is 2. The second-order valence-corrected chi connectivity index (χ2v) is 4.98. The molecule has 0 aliphatic rings. The number of aromatic nitrogens is 1. The Bertz CT molecular complexity index is 533. The summed E-state index contributed by atoms with van der Waals surface area (Å²) in [7, 11) is 0. The zero-order chi connectivity index (χ0) is 13.0. The lowest BCUT2D eigenvalue weighted by atomic mass is 10.3. The minimum Gasteiger partial charge on any atom is -0.379 e. The Morgan fingerprint density at radius 3 is 2.89 bits per heavy atom. The number of nitrogens with one attached hydrogen (secondary N) is 2. The van der Waals surface area contributed by atoms with Crippen molar-refractivity contribution in [2.24, 2.45) is 0 Å². The molecule has 2 rings (SSSR count). The molecule has 2 heterocycles. The van der Waals surface area contributed by atoms with Crippen molar-refractivity contribution >= 4 is 28.6 Å². The lowest BCUT2D eigenvalue weighted by molar-refractivity contribution is -0.114. The third-order valence-electron chi connectivity index (χ3n) is 2.42. The van der Waals surface area contributed by atoms with Gasteiger partial charge in [0.1, 0.15) is 0 Å². The van der Waals surface area contributed by atoms with Crippen LogP contribution in [0.4, 0.5) is 11.4 Å². The molecule has 0 atom stereocenters. The van der Waals surface area contributed by atoms with Crippen LogP contribution in [0.25, 0.3) is 0 Å². The summed E-state index contributed by atoms with van der Waals surface area (Å²) in [6.45, 7) is 4.15. The van der Waals surface area contributed by atoms with Gasteiger partial charge in [-0.3, -0.25) is 9.78 Å². The van der Waals surface area contributed by atoms with Crippen LogP contribution in [0, 0.1) is 6.92 Å². The molecule has 94 valence electrons. The Labute approximate surface area is 110 Å². The number of rotatable bonds is 4. The second-order valence-electron chi connectivity index (χ2n) is 3.98. The van der Waals surface area contributed by atoms with Crippen LogP contribution >= 0.6 is 11.3 Å². The Hall–Kier alpha value is -1.88. The van der Waals surface area contributed by atoms with Crippen molar-refractivity contribution in [2.75, 3.05) is 10.6 Å². The number of nitrogens with zero attached hydrogens (tertiary/aromatic N) is 1. The van der Waals surface area contributed by atoms with E-state index in [9.17, 15) is 4.79 Å². The summed E-state index contributed by atoms with van der Waals surface area (Å²) in [5.74, 6) is -0.0494. The number of hydrogen-bond acceptors (Lipinski definition) is 4. The second kappa shape index (κ2) is 5.64. The van der Waals surface area contributed by atoms with E-state index in [0.29, 0.717) is 6.54 Å². The van der Waals surface area contributed by atoms with Crippen LogP contribution in [0.2, 0.25) is 0 Å². The fourth-order valence-corrected chi connectivity index (χ4v) is 2.30. The van der Waals surface area contributed by atoms with Gasteiger partial charge in [-0.15, -0.1) is 11.3 Å². The molecule has 2 aromatic rings. The van der Waals surface area contributed by atoms with E-state index in [1.807, 2.05) is 30.5 Å². The van der Waals surface area contributed by atoms with Crippen LogP contribution in [0.3, 0.4) is 0 Å². The molecule has 0 aliphatic carbocycles. The highest BCUT2D eigenvalue weighted by atomic mass is 32.1. The number of carbonyl (C=O) groups is 1. The number of hydrogen-bond donors (Lipinski definition) is 2. The van der Waals surface area contributed by atoms with Gasteiger partial charge in [0.05, 0.1) is 24.1 Å². The van der Waals surface area contributed by atoms with E-state index in [-0.39, 0.29) is 5.91 Å². The van der Waals surface area contributed by atoms with Gasteiger partial charge >= 0.3 is 0 Å². The molecule has 1 amide bonds. The monoisotopic (exact) mass is 261 g/mol. The third kappa shape index (κ3) is 3.30. The van der Waals surface area contributed by atoms with E-state index < -0.39 is 0 Å². The van der Waals surface area contributed by atoms with Crippen molar-refractivity contribution in [3.8, 4) is 0 Å². The summed E-state index contributed by atoms with van der Waals surface area (Å²) in [6.07, 6.45) is 1.81. The molecule has 4 nitrogen and oxygen atoms in total. The summed E-state index contributed by atoms with van der Waals surface area (Å²) in [5, 5.41) is 8.07. The standard InChI is InChI=1S/C13H15N3OS/c1-9-3-4-11(7-14-9)15-8-13-12(5-6-18-13)16-10(2)17/h3-7,15H,8H2,1-2H3,(H,16,17). The summed E-state index contributed by atoms with van der Waals surface area (Å²) in [6, 6.07) is 5.87. The lowest BCUT2D eigenvalue weighted by Crippen LogP contribution is -2.08. The molecule has 0 unspecified atom stereocenters. The van der Waals surface area contributed by atoms with Gasteiger partial charge < -0.3 is 10.6 Å². The third-order valence-corrected chi connectivity index (χ3v) is 3.34. The number of pyridine rings is 1. The van der Waals surface area contributed by atoms with E-state index in [1.54, 1.807) is 17.5 Å². The van der Waals surface area contributed by atoms with Crippen molar-refractivity contribution in [1.29, 1.82) is 0 Å². The first-order valence-electron chi connectivity index (χ1n) is 5.65. The normalized spacial score (nSPS) is 10.1. The van der Waals surface area contributed by atoms with Gasteiger partial charge in [-0.1, -0.05) is 0 Å². The zero-order valence-electron chi connectivity index (χ0n) is 10.4. The van der Waals surface area contributed by atoms with Crippen molar-refractivity contribution in [2.45, 2.75) is 20.4 Å². The molecule has 0 aromatic carbocycles. The first-order valence-corrected chi connectivity index (χ1v) is 6.53. The molecule has 0 saturated carbocycles. The summed E-state index contributed by atoms with van der Waals surface area (Å²) < 4.78 is 0. The molecular formula is C13H15N3OS. The molecule has 2 aromatic heterocycles. The summed E-state index contributed by atoms with van der Waals surface area (Å²) >= 11 is 1.62. The van der Waals surface area contributed by atoms with Crippen molar-refractivity contribution in [3.05, 3.63) is 40.3 Å². The molecule has 0 spiro atoms. The minimum absolute atomic E-state index is 0.0494. The Morgan fingerprint density at radius 2 is 2.22 bits per heavy atom. The topological polar surface area (TPSA) is 54.0 Å². The van der Waals surface area contributed by atoms with E-state index in [1.165, 1.54) is 6.92 Å². The van der Waals surface area contributed by atoms with E-state index >= 15 is 0 Å². The number of carbonyl (C=O) groups excluding carboxylic acids is 1. The van der Waals surface area contributed by atoms with E-state index in [2.05, 4.69) is 15.6 Å². The van der Waals surface area contributed by atoms with Gasteiger partial charge in [0, 0.05) is 17.5 Å². The largest absolute Gasteiger partial charge is 0.379 e. The summed E-state index contributed by atoms with van der Waals surface area (Å²) in [4.78, 5) is 16.4. The molecule has 0 bridgehead atoms. The van der Waals surface area contributed by atoms with Crippen LogP contribution in [0.15, 0.2) is 29.8 Å². The van der Waals surface area contributed by atoms with Crippen LogP contribution in [-0.2, 0) is 11.3 Å². The van der Waals surface area contributed by atoms with E-state index in [4.69, 9.17) is 0 Å². The maximum atomic E-state index is 11.0. The fourth-order valence-electron chi connectivity index (χ4n) is 1.53. The van der Waals surface area contributed by atoms with Crippen LogP contribution < -0.4 is 10.6 Å². The fraction of sp³-hybridized carbons (Fsp3) is 0.231. The van der Waals surface area contributed by atoms with Crippen LogP contribution in [-0.4, -0.2) is 10.9 Å². The summed E-state index contributed by atoms with van der Waals surface area (Å²) in [5.41, 5.74) is 2.85. The highest BCUT2D eigenvalue weighted by molar-refractivity contribution is 7.10. The average Bonchev–Trinajstić information content (AvgIpc) is 2.75. The quantitative estimate of drug-likeness (QED) is 0.889. The zero-order valence-corrected chi connectivity index (χ0v) is 11.2. The molecule has 0 fully saturated rings. The lowest BCUT2D eigenvalue weighted by Gasteiger charge is -2.07. The molecule has 0 radical (unpaired) electrons. The molecular weight excluding hydrogens is 246 g/mol. The predicted octanol–water partition coefficient (Wildman–Crippen LogP) is 3.02. The van der Waals surface area contributed by atoms with E-state index in [0.717, 1.165) is 21.9 Å². The molecule has 18 heavy (non-hydrogen) atoms. The van der Waals surface area contributed by atoms with Gasteiger partial charge in [0.2, 0.25) is 5.91 Å². The Morgan fingerprint density at radius 1 is 1.39 bits per heavy atom. The maximum absolute atomic E-state index is 11.0.